The standard InChI is InChI=1S/C13H21N5O3/c1-4-16-5-7-17(8-6-16)12-11(18(19)20)13(15-9-14-12)21-10(2)3/h9-10H,4-8H2,1-3H3. The van der Waals surface area contributed by atoms with Gasteiger partial charge in [-0.05, 0) is 20.4 Å². The molecule has 1 aromatic heterocycles. The van der Waals surface area contributed by atoms with Gasteiger partial charge in [-0.15, -0.1) is 0 Å². The number of nitro groups is 1. The molecule has 8 heteroatoms. The van der Waals surface area contributed by atoms with Gasteiger partial charge in [-0.1, -0.05) is 6.92 Å². The predicted molar refractivity (Wildman–Crippen MR) is 78.8 cm³/mol. The Hall–Kier alpha value is -1.96. The third kappa shape index (κ3) is 3.57. The van der Waals surface area contributed by atoms with E-state index >= 15 is 0 Å². The minimum Gasteiger partial charge on any atom is -0.470 e. The summed E-state index contributed by atoms with van der Waals surface area (Å²) >= 11 is 0. The van der Waals surface area contributed by atoms with Gasteiger partial charge in [0.15, 0.2) is 0 Å². The second kappa shape index (κ2) is 6.66. The van der Waals surface area contributed by atoms with Crippen molar-refractivity contribution in [2.45, 2.75) is 26.9 Å². The lowest BCUT2D eigenvalue weighted by Gasteiger charge is -2.34. The molecule has 2 rings (SSSR count). The van der Waals surface area contributed by atoms with Gasteiger partial charge in [-0.2, -0.15) is 4.98 Å². The molecule has 21 heavy (non-hydrogen) atoms. The van der Waals surface area contributed by atoms with Crippen LogP contribution in [-0.4, -0.2) is 58.6 Å². The van der Waals surface area contributed by atoms with Crippen LogP contribution in [0.1, 0.15) is 20.8 Å². The van der Waals surface area contributed by atoms with Crippen molar-refractivity contribution >= 4 is 11.5 Å². The summed E-state index contributed by atoms with van der Waals surface area (Å²) in [6.45, 7) is 9.89. The number of aromatic nitrogens is 2. The van der Waals surface area contributed by atoms with E-state index in [0.29, 0.717) is 18.9 Å². The lowest BCUT2D eigenvalue weighted by Crippen LogP contribution is -2.46. The first-order valence-corrected chi connectivity index (χ1v) is 7.16. The molecule has 0 unspecified atom stereocenters. The Bertz CT molecular complexity index is 501. The van der Waals surface area contributed by atoms with Crippen LogP contribution in [0, 0.1) is 10.1 Å². The van der Waals surface area contributed by atoms with Crippen molar-refractivity contribution in [1.82, 2.24) is 14.9 Å². The van der Waals surface area contributed by atoms with E-state index in [4.69, 9.17) is 4.74 Å². The Morgan fingerprint density at radius 2 is 2.00 bits per heavy atom. The van der Waals surface area contributed by atoms with Crippen LogP contribution in [0.3, 0.4) is 0 Å². The fourth-order valence-corrected chi connectivity index (χ4v) is 2.33. The molecule has 0 aromatic carbocycles. The molecule has 0 aliphatic carbocycles. The van der Waals surface area contributed by atoms with Gasteiger partial charge in [0.1, 0.15) is 6.33 Å². The molecule has 1 aliphatic heterocycles. The summed E-state index contributed by atoms with van der Waals surface area (Å²) in [6.07, 6.45) is 1.15. The summed E-state index contributed by atoms with van der Waals surface area (Å²) in [5.41, 5.74) is -0.142. The highest BCUT2D eigenvalue weighted by Crippen LogP contribution is 2.34. The zero-order chi connectivity index (χ0) is 15.4. The maximum absolute atomic E-state index is 11.4. The second-order valence-corrected chi connectivity index (χ2v) is 5.20. The van der Waals surface area contributed by atoms with Crippen LogP contribution in [0.5, 0.6) is 5.88 Å². The van der Waals surface area contributed by atoms with Crippen molar-refractivity contribution in [2.24, 2.45) is 0 Å². The Labute approximate surface area is 123 Å². The van der Waals surface area contributed by atoms with Gasteiger partial charge in [0.2, 0.25) is 5.82 Å². The van der Waals surface area contributed by atoms with Crippen LogP contribution >= 0.6 is 0 Å². The van der Waals surface area contributed by atoms with Crippen molar-refractivity contribution < 1.29 is 9.66 Å². The SMILES string of the molecule is CCN1CCN(c2ncnc(OC(C)C)c2[N+](=O)[O-])CC1. The van der Waals surface area contributed by atoms with Crippen molar-refractivity contribution in [3.63, 3.8) is 0 Å². The van der Waals surface area contributed by atoms with E-state index in [-0.39, 0.29) is 17.7 Å². The topological polar surface area (TPSA) is 84.6 Å². The lowest BCUT2D eigenvalue weighted by molar-refractivity contribution is -0.385. The van der Waals surface area contributed by atoms with Crippen LogP contribution in [0.15, 0.2) is 6.33 Å². The molecule has 0 radical (unpaired) electrons. The Balaban J connectivity index is 2.28. The first-order valence-electron chi connectivity index (χ1n) is 7.16. The number of hydrogen-bond acceptors (Lipinski definition) is 7. The number of likely N-dealkylation sites (N-methyl/N-ethyl adjacent to an activating group) is 1. The summed E-state index contributed by atoms with van der Waals surface area (Å²) < 4.78 is 5.45. The fourth-order valence-electron chi connectivity index (χ4n) is 2.33. The van der Waals surface area contributed by atoms with Crippen LogP contribution in [0.4, 0.5) is 11.5 Å². The largest absolute Gasteiger partial charge is 0.470 e. The Kier molecular flexibility index (Phi) is 4.89. The summed E-state index contributed by atoms with van der Waals surface area (Å²) in [4.78, 5) is 23.2. The second-order valence-electron chi connectivity index (χ2n) is 5.20. The third-order valence-electron chi connectivity index (χ3n) is 3.42. The smallest absolute Gasteiger partial charge is 0.372 e. The molecule has 8 nitrogen and oxygen atoms in total. The summed E-state index contributed by atoms with van der Waals surface area (Å²) in [5, 5.41) is 11.4. The first kappa shape index (κ1) is 15.4. The maximum Gasteiger partial charge on any atom is 0.372 e. The van der Waals surface area contributed by atoms with Crippen LogP contribution < -0.4 is 9.64 Å². The van der Waals surface area contributed by atoms with E-state index in [0.717, 1.165) is 19.6 Å². The van der Waals surface area contributed by atoms with E-state index in [1.165, 1.54) is 6.33 Å². The van der Waals surface area contributed by atoms with Crippen LogP contribution in [-0.2, 0) is 0 Å². The van der Waals surface area contributed by atoms with E-state index in [1.54, 1.807) is 0 Å². The van der Waals surface area contributed by atoms with Crippen LogP contribution in [0.25, 0.3) is 0 Å². The minimum absolute atomic E-state index is 0.0397. The number of piperazine rings is 1. The van der Waals surface area contributed by atoms with Gasteiger partial charge < -0.3 is 14.5 Å². The molecule has 116 valence electrons. The van der Waals surface area contributed by atoms with E-state index in [2.05, 4.69) is 21.8 Å². The van der Waals surface area contributed by atoms with Gasteiger partial charge in [-0.3, -0.25) is 10.1 Å². The molecule has 0 amide bonds. The molecule has 0 bridgehead atoms. The molecule has 0 atom stereocenters. The molecule has 0 N–H and O–H groups in total. The zero-order valence-corrected chi connectivity index (χ0v) is 12.7. The molecule has 1 aromatic rings. The number of rotatable bonds is 5. The monoisotopic (exact) mass is 295 g/mol. The van der Waals surface area contributed by atoms with Crippen molar-refractivity contribution in [3.8, 4) is 5.88 Å². The summed E-state index contributed by atoms with van der Waals surface area (Å²) in [6, 6.07) is 0. The molecular weight excluding hydrogens is 274 g/mol. The third-order valence-corrected chi connectivity index (χ3v) is 3.42. The molecule has 1 aliphatic rings. The Morgan fingerprint density at radius 3 is 2.52 bits per heavy atom. The Morgan fingerprint density at radius 1 is 1.33 bits per heavy atom. The predicted octanol–water partition coefficient (Wildman–Crippen LogP) is 1.31. The van der Waals surface area contributed by atoms with E-state index in [9.17, 15) is 10.1 Å². The zero-order valence-electron chi connectivity index (χ0n) is 12.7. The molecule has 0 spiro atoms. The van der Waals surface area contributed by atoms with Crippen molar-refractivity contribution in [1.29, 1.82) is 0 Å². The fraction of sp³-hybridized carbons (Fsp3) is 0.692. The van der Waals surface area contributed by atoms with Gasteiger partial charge in [0, 0.05) is 26.2 Å². The highest BCUT2D eigenvalue weighted by Gasteiger charge is 2.30. The molecule has 0 saturated carbocycles. The summed E-state index contributed by atoms with van der Waals surface area (Å²) in [5.74, 6) is 0.388. The number of ether oxygens (including phenoxy) is 1. The molecule has 2 heterocycles. The van der Waals surface area contributed by atoms with Crippen molar-refractivity contribution in [3.05, 3.63) is 16.4 Å². The molecule has 1 fully saturated rings. The number of anilines is 1. The van der Waals surface area contributed by atoms with Gasteiger partial charge >= 0.3 is 5.69 Å². The minimum atomic E-state index is -0.459. The number of nitrogens with zero attached hydrogens (tertiary/aromatic N) is 5. The van der Waals surface area contributed by atoms with Crippen LogP contribution in [0.2, 0.25) is 0 Å². The highest BCUT2D eigenvalue weighted by molar-refractivity contribution is 5.63. The number of hydrogen-bond donors (Lipinski definition) is 0. The lowest BCUT2D eigenvalue weighted by atomic mass is 10.3. The average Bonchev–Trinajstić information content (AvgIpc) is 2.46. The van der Waals surface area contributed by atoms with Crippen molar-refractivity contribution in [2.75, 3.05) is 37.6 Å². The van der Waals surface area contributed by atoms with Gasteiger partial charge in [-0.25, -0.2) is 4.98 Å². The first-order chi connectivity index (χ1) is 10.0. The average molecular weight is 295 g/mol. The highest BCUT2D eigenvalue weighted by atomic mass is 16.6. The van der Waals surface area contributed by atoms with Gasteiger partial charge in [0.05, 0.1) is 11.0 Å². The quantitative estimate of drug-likeness (QED) is 0.598. The summed E-state index contributed by atoms with van der Waals surface area (Å²) in [7, 11) is 0. The molecular formula is C13H21N5O3. The van der Waals surface area contributed by atoms with Gasteiger partial charge in [0.25, 0.3) is 5.88 Å². The normalized spacial score (nSPS) is 16.3. The maximum atomic E-state index is 11.4. The van der Waals surface area contributed by atoms with E-state index in [1.807, 2.05) is 18.7 Å². The van der Waals surface area contributed by atoms with E-state index < -0.39 is 4.92 Å². The molecule has 1 saturated heterocycles.